The Morgan fingerprint density at radius 2 is 2.10 bits per heavy atom. The number of methoxy groups -OCH3 is 1. The van der Waals surface area contributed by atoms with Crippen molar-refractivity contribution in [3.8, 4) is 16.3 Å². The molecule has 0 aliphatic carbocycles. The smallest absolute Gasteiger partial charge is 0.252 e. The molecule has 0 aromatic carbocycles. The number of thiophene rings is 1. The molecule has 1 N–H and O–H groups in total. The Morgan fingerprint density at radius 3 is 2.83 bits per heavy atom. The third kappa shape index (κ3) is 3.32. The number of hydrogen-bond donors (Lipinski definition) is 1. The van der Waals surface area contributed by atoms with Gasteiger partial charge in [-0.1, -0.05) is 0 Å². The van der Waals surface area contributed by atoms with Crippen LogP contribution in [0.1, 0.15) is 23.3 Å². The number of H-pyrrole nitrogens is 1. The summed E-state index contributed by atoms with van der Waals surface area (Å²) in [5.74, 6) is 1.49. The molecule has 1 fully saturated rings. The van der Waals surface area contributed by atoms with Gasteiger partial charge < -0.3 is 19.4 Å². The molecule has 1 spiro atoms. The molecule has 0 bridgehead atoms. The van der Waals surface area contributed by atoms with E-state index in [0.717, 1.165) is 56.2 Å². The molecule has 150 valence electrons. The molecule has 7 nitrogen and oxygen atoms in total. The molecule has 5 heterocycles. The van der Waals surface area contributed by atoms with Gasteiger partial charge in [0.15, 0.2) is 0 Å². The van der Waals surface area contributed by atoms with Crippen molar-refractivity contribution in [2.24, 2.45) is 0 Å². The Morgan fingerprint density at radius 1 is 1.24 bits per heavy atom. The zero-order valence-electron chi connectivity index (χ0n) is 16.2. The highest BCUT2D eigenvalue weighted by Crippen LogP contribution is 2.46. The largest absolute Gasteiger partial charge is 0.495 e. The lowest BCUT2D eigenvalue weighted by Gasteiger charge is -2.44. The van der Waals surface area contributed by atoms with Crippen LogP contribution >= 0.6 is 11.3 Å². The minimum atomic E-state index is -0.257. The first-order chi connectivity index (χ1) is 14.2. The Kier molecular flexibility index (Phi) is 4.60. The van der Waals surface area contributed by atoms with Gasteiger partial charge in [-0.2, -0.15) is 0 Å². The number of rotatable bonds is 3. The molecule has 3 aromatic rings. The van der Waals surface area contributed by atoms with Crippen LogP contribution in [-0.2, 0) is 16.8 Å². The van der Waals surface area contributed by atoms with Gasteiger partial charge in [-0.05, 0) is 36.6 Å². The van der Waals surface area contributed by atoms with E-state index < -0.39 is 0 Å². The molecule has 1 saturated heterocycles. The summed E-state index contributed by atoms with van der Waals surface area (Å²) in [5.41, 5.74) is 1.89. The fourth-order valence-electron chi connectivity index (χ4n) is 4.23. The average molecular weight is 410 g/mol. The summed E-state index contributed by atoms with van der Waals surface area (Å²) in [6.45, 7) is 2.36. The van der Waals surface area contributed by atoms with Crippen LogP contribution < -0.4 is 15.2 Å². The molecular weight excluding hydrogens is 388 g/mol. The summed E-state index contributed by atoms with van der Waals surface area (Å²) in [6, 6.07) is 7.77. The maximum Gasteiger partial charge on any atom is 0.252 e. The van der Waals surface area contributed by atoms with Crippen molar-refractivity contribution in [2.45, 2.75) is 24.9 Å². The minimum Gasteiger partial charge on any atom is -0.495 e. The van der Waals surface area contributed by atoms with Crippen molar-refractivity contribution in [2.75, 3.05) is 31.7 Å². The molecule has 0 atom stereocenters. The van der Waals surface area contributed by atoms with Crippen LogP contribution in [0.5, 0.6) is 5.75 Å². The molecule has 0 unspecified atom stereocenters. The summed E-state index contributed by atoms with van der Waals surface area (Å²) in [6.07, 6.45) is 5.91. The number of pyridine rings is 1. The summed E-state index contributed by atoms with van der Waals surface area (Å²) >= 11 is 1.81. The number of ether oxygens (including phenoxy) is 2. The predicted molar refractivity (Wildman–Crippen MR) is 112 cm³/mol. The lowest BCUT2D eigenvalue weighted by atomic mass is 9.82. The first kappa shape index (κ1) is 18.3. The molecule has 0 saturated carbocycles. The van der Waals surface area contributed by atoms with Crippen LogP contribution in [0.2, 0.25) is 0 Å². The van der Waals surface area contributed by atoms with E-state index in [1.54, 1.807) is 19.4 Å². The highest BCUT2D eigenvalue weighted by Gasteiger charge is 2.42. The van der Waals surface area contributed by atoms with Gasteiger partial charge >= 0.3 is 0 Å². The number of anilines is 1. The van der Waals surface area contributed by atoms with Crippen molar-refractivity contribution in [3.05, 3.63) is 57.6 Å². The number of nitrogens with one attached hydrogen (secondary N) is 1. The van der Waals surface area contributed by atoms with E-state index in [0.29, 0.717) is 0 Å². The van der Waals surface area contributed by atoms with Crippen LogP contribution in [0.4, 0.5) is 5.82 Å². The molecule has 8 heteroatoms. The second kappa shape index (κ2) is 7.27. The molecular formula is C21H22N4O3S. The fraction of sp³-hybridized carbons (Fsp3) is 0.381. The molecule has 29 heavy (non-hydrogen) atoms. The van der Waals surface area contributed by atoms with Gasteiger partial charge in [0.2, 0.25) is 0 Å². The second-order valence-corrected chi connectivity index (χ2v) is 8.52. The first-order valence-electron chi connectivity index (χ1n) is 9.74. The highest BCUT2D eigenvalue weighted by atomic mass is 32.1. The van der Waals surface area contributed by atoms with Gasteiger partial charge in [-0.25, -0.2) is 4.98 Å². The SMILES string of the molecule is COc1ccc(-c2cc3c(s2)CCOC32CCN(c3cc(=O)[nH]cn3)CC2)nc1. The van der Waals surface area contributed by atoms with E-state index in [1.807, 2.05) is 23.5 Å². The average Bonchev–Trinajstić information content (AvgIpc) is 3.20. The van der Waals surface area contributed by atoms with Crippen molar-refractivity contribution in [1.82, 2.24) is 15.0 Å². The molecule has 2 aliphatic heterocycles. The van der Waals surface area contributed by atoms with Gasteiger partial charge in [0.25, 0.3) is 5.56 Å². The predicted octanol–water partition coefficient (Wildman–Crippen LogP) is 2.97. The van der Waals surface area contributed by atoms with E-state index in [2.05, 4.69) is 25.9 Å². The fourth-order valence-corrected chi connectivity index (χ4v) is 5.44. The van der Waals surface area contributed by atoms with E-state index in [1.165, 1.54) is 21.6 Å². The Hall–Kier alpha value is -2.71. The number of nitrogens with zero attached hydrogens (tertiary/aromatic N) is 3. The van der Waals surface area contributed by atoms with Gasteiger partial charge in [-0.3, -0.25) is 9.78 Å². The number of aromatic amines is 1. The lowest BCUT2D eigenvalue weighted by molar-refractivity contribution is -0.0757. The monoisotopic (exact) mass is 410 g/mol. The summed E-state index contributed by atoms with van der Waals surface area (Å²) < 4.78 is 11.6. The maximum absolute atomic E-state index is 11.6. The molecule has 0 radical (unpaired) electrons. The third-order valence-corrected chi connectivity index (χ3v) is 7.01. The standard InChI is InChI=1S/C21H22N4O3S/c1-27-14-2-3-16(22-12-14)18-10-15-17(29-18)4-9-28-21(15)5-7-25(8-6-21)19-11-20(26)24-13-23-19/h2-3,10-13H,4-9H2,1H3,(H,23,24,26). The van der Waals surface area contributed by atoms with Crippen LogP contribution in [0.25, 0.3) is 10.6 Å². The summed E-state index contributed by atoms with van der Waals surface area (Å²) in [5, 5.41) is 0. The number of hydrogen-bond acceptors (Lipinski definition) is 7. The van der Waals surface area contributed by atoms with Crippen molar-refractivity contribution >= 4 is 17.2 Å². The van der Waals surface area contributed by atoms with Crippen LogP contribution in [0.15, 0.2) is 41.6 Å². The number of aromatic nitrogens is 3. The lowest BCUT2D eigenvalue weighted by Crippen LogP contribution is -2.46. The third-order valence-electron chi connectivity index (χ3n) is 5.79. The number of fused-ring (bicyclic) bond motifs is 2. The van der Waals surface area contributed by atoms with Crippen LogP contribution in [-0.4, -0.2) is 41.8 Å². The zero-order chi connectivity index (χ0) is 19.8. The minimum absolute atomic E-state index is 0.124. The van der Waals surface area contributed by atoms with Crippen molar-refractivity contribution < 1.29 is 9.47 Å². The molecule has 3 aromatic heterocycles. The van der Waals surface area contributed by atoms with E-state index >= 15 is 0 Å². The van der Waals surface area contributed by atoms with Gasteiger partial charge in [0.1, 0.15) is 11.6 Å². The Bertz CT molecular complexity index is 1070. The van der Waals surface area contributed by atoms with Crippen LogP contribution in [0, 0.1) is 0 Å². The first-order valence-corrected chi connectivity index (χ1v) is 10.6. The topological polar surface area (TPSA) is 80.3 Å². The van der Waals surface area contributed by atoms with Crippen molar-refractivity contribution in [3.63, 3.8) is 0 Å². The normalized spacial score (nSPS) is 17.9. The van der Waals surface area contributed by atoms with Gasteiger partial charge in [0.05, 0.1) is 42.4 Å². The van der Waals surface area contributed by atoms with Gasteiger partial charge in [0, 0.05) is 30.5 Å². The Balaban J connectivity index is 1.41. The van der Waals surface area contributed by atoms with Crippen LogP contribution in [0.3, 0.4) is 0 Å². The molecule has 5 rings (SSSR count). The summed E-state index contributed by atoms with van der Waals surface area (Å²) in [4.78, 5) is 27.8. The van der Waals surface area contributed by atoms with E-state index in [4.69, 9.17) is 9.47 Å². The maximum atomic E-state index is 11.6. The molecule has 2 aliphatic rings. The van der Waals surface area contributed by atoms with Crippen molar-refractivity contribution in [1.29, 1.82) is 0 Å². The summed E-state index contributed by atoms with van der Waals surface area (Å²) in [7, 11) is 1.65. The second-order valence-electron chi connectivity index (χ2n) is 7.38. The quantitative estimate of drug-likeness (QED) is 0.715. The van der Waals surface area contributed by atoms with Gasteiger partial charge in [-0.15, -0.1) is 11.3 Å². The number of piperidine rings is 1. The zero-order valence-corrected chi connectivity index (χ0v) is 17.0. The Labute approximate surface area is 172 Å². The van der Waals surface area contributed by atoms with E-state index in [9.17, 15) is 4.79 Å². The molecule has 0 amide bonds. The van der Waals surface area contributed by atoms with E-state index in [-0.39, 0.29) is 11.2 Å². The highest BCUT2D eigenvalue weighted by molar-refractivity contribution is 7.15.